The van der Waals surface area contributed by atoms with E-state index in [1.807, 2.05) is 0 Å². The van der Waals surface area contributed by atoms with Gasteiger partial charge in [-0.05, 0) is 56.7 Å². The number of fused-ring (bicyclic) bond motifs is 1. The number of amides is 2. The number of hydrogen-bond donors (Lipinski definition) is 1. The lowest BCUT2D eigenvalue weighted by atomic mass is 9.95. The van der Waals surface area contributed by atoms with E-state index in [0.717, 1.165) is 36.8 Å². The molecular formula is C31H30F5N5O7S2. The van der Waals surface area contributed by atoms with Crippen molar-refractivity contribution in [3.05, 3.63) is 71.3 Å². The summed E-state index contributed by atoms with van der Waals surface area (Å²) in [6, 6.07) is 1.16. The van der Waals surface area contributed by atoms with Crippen molar-refractivity contribution in [2.45, 2.75) is 63.9 Å². The fourth-order valence-corrected chi connectivity index (χ4v) is 7.78. The van der Waals surface area contributed by atoms with Gasteiger partial charge in [-0.1, -0.05) is 0 Å². The van der Waals surface area contributed by atoms with Gasteiger partial charge in [0.25, 0.3) is 11.5 Å². The third-order valence-electron chi connectivity index (χ3n) is 8.18. The molecule has 0 unspecified atom stereocenters. The lowest BCUT2D eigenvalue weighted by molar-refractivity contribution is -0.150. The topological polar surface area (TPSA) is 145 Å². The summed E-state index contributed by atoms with van der Waals surface area (Å²) in [5.41, 5.74) is -7.42. The molecule has 0 aliphatic carbocycles. The predicted molar refractivity (Wildman–Crippen MR) is 172 cm³/mol. The number of rotatable bonds is 6. The zero-order valence-corrected chi connectivity index (χ0v) is 28.8. The highest BCUT2D eigenvalue weighted by atomic mass is 32.1. The average Bonchev–Trinajstić information content (AvgIpc) is 3.72. The molecule has 1 aromatic carbocycles. The Kier molecular flexibility index (Phi) is 9.46. The van der Waals surface area contributed by atoms with Gasteiger partial charge in [0.1, 0.15) is 27.6 Å². The number of carboxylic acid groups (broad SMARTS) is 1. The number of carboxylic acids is 1. The van der Waals surface area contributed by atoms with Crippen LogP contribution >= 0.6 is 22.7 Å². The third kappa shape index (κ3) is 6.50. The van der Waals surface area contributed by atoms with Crippen LogP contribution in [0.3, 0.4) is 0 Å². The van der Waals surface area contributed by atoms with Gasteiger partial charge in [-0.2, -0.15) is 18.2 Å². The van der Waals surface area contributed by atoms with E-state index in [9.17, 15) is 46.6 Å². The molecule has 1 atom stereocenters. The van der Waals surface area contributed by atoms with Crippen molar-refractivity contribution in [1.82, 2.24) is 18.6 Å². The maximum absolute atomic E-state index is 15.5. The normalized spacial score (nSPS) is 17.2. The molecule has 5 rings (SSSR count). The minimum atomic E-state index is -5.43. The summed E-state index contributed by atoms with van der Waals surface area (Å²) in [4.78, 5) is 70.0. The Morgan fingerprint density at radius 3 is 2.34 bits per heavy atom. The monoisotopic (exact) mass is 743 g/mol. The number of likely N-dealkylation sites (tertiary alicyclic amines) is 1. The molecule has 1 N–H and O–H groups in total. The van der Waals surface area contributed by atoms with Crippen LogP contribution in [0.4, 0.5) is 26.7 Å². The van der Waals surface area contributed by atoms with E-state index in [0.29, 0.717) is 22.2 Å². The molecule has 3 aromatic heterocycles. The summed E-state index contributed by atoms with van der Waals surface area (Å²) >= 11 is 1.70. The second kappa shape index (κ2) is 12.9. The zero-order chi connectivity index (χ0) is 37.1. The molecule has 12 nitrogen and oxygen atoms in total. The number of aryl methyl sites for hydroxylation is 1. The molecular weight excluding hydrogens is 713 g/mol. The number of ether oxygens (including phenoxy) is 1. The molecule has 1 saturated heterocycles. The molecule has 0 saturated carbocycles. The molecule has 2 amide bonds. The van der Waals surface area contributed by atoms with Crippen LogP contribution in [0.2, 0.25) is 0 Å². The van der Waals surface area contributed by atoms with Crippen molar-refractivity contribution in [3.8, 4) is 11.3 Å². The summed E-state index contributed by atoms with van der Waals surface area (Å²) in [6.45, 7) is 3.92. The van der Waals surface area contributed by atoms with Gasteiger partial charge in [0.05, 0.1) is 24.0 Å². The first-order valence-corrected chi connectivity index (χ1v) is 16.7. The van der Waals surface area contributed by atoms with Crippen molar-refractivity contribution in [2.24, 2.45) is 19.1 Å². The Morgan fingerprint density at radius 1 is 1.04 bits per heavy atom. The van der Waals surface area contributed by atoms with Gasteiger partial charge in [0.15, 0.2) is 10.3 Å². The molecule has 50 heavy (non-hydrogen) atoms. The van der Waals surface area contributed by atoms with Gasteiger partial charge in [-0.15, -0.1) is 22.7 Å². The van der Waals surface area contributed by atoms with Crippen molar-refractivity contribution >= 4 is 50.9 Å². The Bertz CT molecular complexity index is 2240. The number of halogens is 5. The number of thiophene rings is 1. The molecule has 1 aliphatic heterocycles. The number of aliphatic carboxylic acids is 1. The number of benzene rings is 1. The van der Waals surface area contributed by atoms with Crippen LogP contribution in [0.5, 0.6) is 0 Å². The number of aromatic nitrogens is 3. The molecule has 0 radical (unpaired) electrons. The van der Waals surface area contributed by atoms with Crippen LogP contribution < -0.4 is 16.1 Å². The second-order valence-corrected chi connectivity index (χ2v) is 14.4. The molecule has 4 aromatic rings. The predicted octanol–water partition coefficient (Wildman–Crippen LogP) is 4.65. The number of carbonyl (C=O) groups is 3. The van der Waals surface area contributed by atoms with Crippen LogP contribution in [-0.4, -0.2) is 59.4 Å². The van der Waals surface area contributed by atoms with Gasteiger partial charge < -0.3 is 14.4 Å². The molecule has 19 heteroatoms. The number of hydrogen-bond acceptors (Lipinski definition) is 8. The Labute approximate surface area is 287 Å². The van der Waals surface area contributed by atoms with E-state index in [2.05, 4.69) is 4.99 Å². The first kappa shape index (κ1) is 36.6. The first-order valence-electron chi connectivity index (χ1n) is 14.9. The van der Waals surface area contributed by atoms with Crippen LogP contribution in [0.1, 0.15) is 44.7 Å². The van der Waals surface area contributed by atoms with Crippen molar-refractivity contribution in [1.29, 1.82) is 0 Å². The summed E-state index contributed by atoms with van der Waals surface area (Å²) in [6.07, 6.45) is -6.86. The maximum atomic E-state index is 15.5. The van der Waals surface area contributed by atoms with E-state index in [1.54, 1.807) is 20.8 Å². The van der Waals surface area contributed by atoms with Gasteiger partial charge >= 0.3 is 23.9 Å². The van der Waals surface area contributed by atoms with E-state index < -0.39 is 82.3 Å². The van der Waals surface area contributed by atoms with Crippen molar-refractivity contribution < 1.29 is 46.2 Å². The van der Waals surface area contributed by atoms with Gasteiger partial charge in [-0.3, -0.25) is 23.6 Å². The standard InChI is InChI=1S/C31H30F5N5O7S2/c1-29(2,3)48-28(47)41-10-6-9-30(41,25(44)45)14-40-18(16-7-8-17(32)21(22(16)33)31(34,35)36)13-50-26(40)37-19(42)11-15-12-49-24-20(15)23(43)38(4)27(46)39(24)5/h7-8,12-13H,6,9-11,14H2,1-5H3,(H,44,45)/t30-/m0/s1. The molecule has 0 bridgehead atoms. The molecule has 268 valence electrons. The number of alkyl halides is 3. The minimum absolute atomic E-state index is 0.0710. The highest BCUT2D eigenvalue weighted by molar-refractivity contribution is 7.17. The van der Waals surface area contributed by atoms with Gasteiger partial charge in [0, 0.05) is 31.6 Å². The van der Waals surface area contributed by atoms with E-state index >= 15 is 4.39 Å². The van der Waals surface area contributed by atoms with Crippen LogP contribution in [0.25, 0.3) is 21.5 Å². The molecule has 4 heterocycles. The highest BCUT2D eigenvalue weighted by Crippen LogP contribution is 2.39. The van der Waals surface area contributed by atoms with E-state index in [-0.39, 0.29) is 40.8 Å². The lowest BCUT2D eigenvalue weighted by Crippen LogP contribution is -2.57. The number of thiazole rings is 1. The van der Waals surface area contributed by atoms with Crippen molar-refractivity contribution in [2.75, 3.05) is 6.54 Å². The summed E-state index contributed by atoms with van der Waals surface area (Å²) in [5, 5.41) is 13.3. The number of carbonyl (C=O) groups excluding carboxylic acids is 2. The van der Waals surface area contributed by atoms with Crippen molar-refractivity contribution in [3.63, 3.8) is 0 Å². The quantitative estimate of drug-likeness (QED) is 0.283. The molecule has 1 fully saturated rings. The lowest BCUT2D eigenvalue weighted by Gasteiger charge is -2.36. The zero-order valence-electron chi connectivity index (χ0n) is 27.2. The fourth-order valence-electron chi connectivity index (χ4n) is 5.84. The fraction of sp³-hybridized carbons (Fsp3) is 0.419. The third-order valence-corrected chi connectivity index (χ3v) is 10.1. The first-order chi connectivity index (χ1) is 23.2. The van der Waals surface area contributed by atoms with E-state index in [4.69, 9.17) is 4.74 Å². The Balaban J connectivity index is 1.68. The summed E-state index contributed by atoms with van der Waals surface area (Å²) in [7, 11) is 2.72. The van der Waals surface area contributed by atoms with Crippen LogP contribution in [0.15, 0.2) is 37.5 Å². The Morgan fingerprint density at radius 2 is 1.72 bits per heavy atom. The number of nitrogens with zero attached hydrogens (tertiary/aromatic N) is 5. The van der Waals surface area contributed by atoms with Gasteiger partial charge in [0.2, 0.25) is 0 Å². The largest absolute Gasteiger partial charge is 0.479 e. The molecule has 0 spiro atoms. The second-order valence-electron chi connectivity index (χ2n) is 12.7. The minimum Gasteiger partial charge on any atom is -0.479 e. The van der Waals surface area contributed by atoms with E-state index in [1.165, 1.54) is 24.0 Å². The SMILES string of the molecule is Cn1c(=O)c2c(CC(=O)N=c3scc(-c4ccc(F)c(C(F)(F)F)c4F)n3C[C@]3(C(=O)O)CCCN3C(=O)OC(C)(C)C)csc2n(C)c1=O. The Hall–Kier alpha value is -4.65. The summed E-state index contributed by atoms with van der Waals surface area (Å²) in [5.74, 6) is -6.24. The smallest absolute Gasteiger partial charge is 0.422 e. The average molecular weight is 744 g/mol. The van der Waals surface area contributed by atoms with Crippen LogP contribution in [0, 0.1) is 11.6 Å². The van der Waals surface area contributed by atoms with Crippen LogP contribution in [-0.2, 0) is 47.6 Å². The molecule has 1 aliphatic rings. The van der Waals surface area contributed by atoms with Gasteiger partial charge in [-0.25, -0.2) is 23.2 Å². The summed E-state index contributed by atoms with van der Waals surface area (Å²) < 4.78 is 79.5. The maximum Gasteiger partial charge on any atom is 0.422 e. The highest BCUT2D eigenvalue weighted by Gasteiger charge is 2.52.